The van der Waals surface area contributed by atoms with E-state index in [1.165, 1.54) is 11.1 Å². The highest BCUT2D eigenvalue weighted by atomic mass is 79.9. The fourth-order valence-corrected chi connectivity index (χ4v) is 3.58. The van der Waals surface area contributed by atoms with Gasteiger partial charge in [-0.05, 0) is 36.6 Å². The van der Waals surface area contributed by atoms with Crippen molar-refractivity contribution in [1.29, 1.82) is 0 Å². The zero-order chi connectivity index (χ0) is 15.0. The van der Waals surface area contributed by atoms with Gasteiger partial charge >= 0.3 is 5.69 Å². The fourth-order valence-electron chi connectivity index (χ4n) is 2.47. The number of halogens is 2. The van der Waals surface area contributed by atoms with Crippen molar-refractivity contribution in [3.05, 3.63) is 68.0 Å². The Balaban J connectivity index is 1.95. The van der Waals surface area contributed by atoms with Crippen LogP contribution in [-0.2, 0) is 6.42 Å². The van der Waals surface area contributed by atoms with E-state index >= 15 is 0 Å². The van der Waals surface area contributed by atoms with Crippen LogP contribution in [0.2, 0.25) is 0 Å². The molecule has 0 spiro atoms. The average Bonchev–Trinajstić information content (AvgIpc) is 2.76. The third-order valence-electron chi connectivity index (χ3n) is 3.47. The van der Waals surface area contributed by atoms with Gasteiger partial charge in [0.25, 0.3) is 0 Å². The number of aromatic nitrogens is 2. The van der Waals surface area contributed by atoms with Gasteiger partial charge in [-0.25, -0.2) is 4.79 Å². The molecule has 0 saturated heterocycles. The zero-order valence-electron chi connectivity index (χ0n) is 11.4. The lowest BCUT2D eigenvalue weighted by molar-refractivity contribution is 0.914. The van der Waals surface area contributed by atoms with Crippen LogP contribution in [0.25, 0.3) is 11.0 Å². The van der Waals surface area contributed by atoms with Gasteiger partial charge in [0.15, 0.2) is 0 Å². The molecule has 1 atom stereocenters. The van der Waals surface area contributed by atoms with Crippen molar-refractivity contribution >= 4 is 38.6 Å². The van der Waals surface area contributed by atoms with Crippen molar-refractivity contribution in [2.45, 2.75) is 18.7 Å². The number of aryl methyl sites for hydroxylation is 1. The van der Waals surface area contributed by atoms with E-state index in [1.807, 2.05) is 18.2 Å². The first-order valence-electron chi connectivity index (χ1n) is 6.64. The molecular weight excluding hydrogens is 352 g/mol. The lowest BCUT2D eigenvalue weighted by atomic mass is 10.0. The first-order chi connectivity index (χ1) is 10.0. The van der Waals surface area contributed by atoms with Crippen LogP contribution in [0.15, 0.2) is 45.7 Å². The van der Waals surface area contributed by atoms with Gasteiger partial charge in [-0.3, -0.25) is 0 Å². The van der Waals surface area contributed by atoms with E-state index in [4.69, 9.17) is 11.6 Å². The average molecular weight is 366 g/mol. The molecule has 0 fully saturated rings. The molecule has 2 aromatic carbocycles. The van der Waals surface area contributed by atoms with Crippen LogP contribution in [0, 0.1) is 6.92 Å². The lowest BCUT2D eigenvalue weighted by Gasteiger charge is -2.12. The number of hydrogen-bond donors (Lipinski definition) is 2. The third kappa shape index (κ3) is 3.06. The van der Waals surface area contributed by atoms with Crippen LogP contribution in [-0.4, -0.2) is 9.97 Å². The van der Waals surface area contributed by atoms with Gasteiger partial charge in [0.1, 0.15) is 0 Å². The lowest BCUT2D eigenvalue weighted by Crippen LogP contribution is -1.99. The second-order valence-electron chi connectivity index (χ2n) is 5.16. The molecule has 3 nitrogen and oxygen atoms in total. The monoisotopic (exact) mass is 364 g/mol. The van der Waals surface area contributed by atoms with E-state index in [0.29, 0.717) is 0 Å². The highest BCUT2D eigenvalue weighted by Gasteiger charge is 2.14. The summed E-state index contributed by atoms with van der Waals surface area (Å²) in [4.78, 5) is 16.9. The van der Waals surface area contributed by atoms with Gasteiger partial charge in [-0.2, -0.15) is 0 Å². The molecule has 3 rings (SSSR count). The van der Waals surface area contributed by atoms with Crippen LogP contribution in [0.5, 0.6) is 0 Å². The van der Waals surface area contributed by atoms with Crippen LogP contribution in [0.4, 0.5) is 0 Å². The maximum Gasteiger partial charge on any atom is 0.323 e. The van der Waals surface area contributed by atoms with Crippen LogP contribution >= 0.6 is 27.5 Å². The number of benzene rings is 2. The third-order valence-corrected chi connectivity index (χ3v) is 4.54. The maximum atomic E-state index is 11.4. The van der Waals surface area contributed by atoms with E-state index in [2.05, 4.69) is 51.0 Å². The van der Waals surface area contributed by atoms with Crippen molar-refractivity contribution in [1.82, 2.24) is 9.97 Å². The predicted octanol–water partition coefficient (Wildman–Crippen LogP) is 4.45. The summed E-state index contributed by atoms with van der Waals surface area (Å²) in [7, 11) is 0. The minimum absolute atomic E-state index is 0.163. The number of H-pyrrole nitrogens is 2. The molecule has 1 unspecified atom stereocenters. The van der Waals surface area contributed by atoms with E-state index in [1.54, 1.807) is 0 Å². The summed E-state index contributed by atoms with van der Waals surface area (Å²) >= 11 is 10.1. The molecule has 3 aromatic rings. The summed E-state index contributed by atoms with van der Waals surface area (Å²) in [6.45, 7) is 2.07. The van der Waals surface area contributed by atoms with Crippen LogP contribution in [0.3, 0.4) is 0 Å². The molecule has 5 heteroatoms. The molecule has 108 valence electrons. The van der Waals surface area contributed by atoms with Crippen molar-refractivity contribution < 1.29 is 0 Å². The SMILES string of the molecule is Cc1cccc(CC(Cl)c2cc3[nH]c(=O)[nH]c3cc2Br)c1. The number of hydrogen-bond acceptors (Lipinski definition) is 1. The van der Waals surface area contributed by atoms with Crippen molar-refractivity contribution in [3.63, 3.8) is 0 Å². The Bertz CT molecular complexity index is 853. The highest BCUT2D eigenvalue weighted by molar-refractivity contribution is 9.10. The molecular formula is C16H14BrClN2O. The van der Waals surface area contributed by atoms with Gasteiger partial charge < -0.3 is 9.97 Å². The Labute approximate surface area is 135 Å². The largest absolute Gasteiger partial charge is 0.323 e. The standard InChI is InChI=1S/C16H14BrClN2O/c1-9-3-2-4-10(5-9)6-13(18)11-7-14-15(8-12(11)17)20-16(21)19-14/h2-5,7-8,13H,6H2,1H3,(H2,19,20,21). The van der Waals surface area contributed by atoms with Crippen LogP contribution < -0.4 is 5.69 Å². The van der Waals surface area contributed by atoms with E-state index in [-0.39, 0.29) is 11.1 Å². The van der Waals surface area contributed by atoms with Gasteiger partial charge in [0, 0.05) is 4.47 Å². The Morgan fingerprint density at radius 2 is 1.90 bits per heavy atom. The number of nitrogens with one attached hydrogen (secondary N) is 2. The molecule has 0 radical (unpaired) electrons. The number of aromatic amines is 2. The van der Waals surface area contributed by atoms with Crippen LogP contribution in [0.1, 0.15) is 22.1 Å². The fraction of sp³-hybridized carbons (Fsp3) is 0.188. The number of rotatable bonds is 3. The first-order valence-corrected chi connectivity index (χ1v) is 7.87. The smallest absolute Gasteiger partial charge is 0.306 e. The number of alkyl halides is 1. The molecule has 0 bridgehead atoms. The molecule has 0 saturated carbocycles. The van der Waals surface area contributed by atoms with Crippen molar-refractivity contribution in [3.8, 4) is 0 Å². The molecule has 0 amide bonds. The van der Waals surface area contributed by atoms with E-state index in [9.17, 15) is 4.79 Å². The zero-order valence-corrected chi connectivity index (χ0v) is 13.8. The Morgan fingerprint density at radius 3 is 2.62 bits per heavy atom. The second-order valence-corrected chi connectivity index (χ2v) is 6.54. The molecule has 1 aromatic heterocycles. The molecule has 21 heavy (non-hydrogen) atoms. The second kappa shape index (κ2) is 5.70. The summed E-state index contributed by atoms with van der Waals surface area (Å²) in [5, 5.41) is -0.163. The quantitative estimate of drug-likeness (QED) is 0.662. The summed E-state index contributed by atoms with van der Waals surface area (Å²) in [5.41, 5.74) is 4.73. The minimum Gasteiger partial charge on any atom is -0.306 e. The Kier molecular flexibility index (Phi) is 3.91. The molecule has 0 aliphatic carbocycles. The predicted molar refractivity (Wildman–Crippen MR) is 90.1 cm³/mol. The van der Waals surface area contributed by atoms with Gasteiger partial charge in [0.2, 0.25) is 0 Å². The summed E-state index contributed by atoms with van der Waals surface area (Å²) in [6, 6.07) is 12.1. The summed E-state index contributed by atoms with van der Waals surface area (Å²) in [6.07, 6.45) is 0.738. The van der Waals surface area contributed by atoms with Gasteiger partial charge in [-0.1, -0.05) is 45.8 Å². The Hall–Kier alpha value is -1.52. The maximum absolute atomic E-state index is 11.4. The number of imidazole rings is 1. The molecule has 1 heterocycles. The van der Waals surface area contributed by atoms with Crippen molar-refractivity contribution in [2.24, 2.45) is 0 Å². The first kappa shape index (κ1) is 14.4. The van der Waals surface area contributed by atoms with E-state index in [0.717, 1.165) is 27.5 Å². The van der Waals surface area contributed by atoms with Crippen molar-refractivity contribution in [2.75, 3.05) is 0 Å². The normalized spacial score (nSPS) is 12.7. The summed E-state index contributed by atoms with van der Waals surface area (Å²) in [5.74, 6) is 0. The summed E-state index contributed by atoms with van der Waals surface area (Å²) < 4.78 is 0.901. The molecule has 0 aliphatic heterocycles. The molecule has 2 N–H and O–H groups in total. The topological polar surface area (TPSA) is 48.6 Å². The van der Waals surface area contributed by atoms with E-state index < -0.39 is 0 Å². The minimum atomic E-state index is -0.209. The number of fused-ring (bicyclic) bond motifs is 1. The van der Waals surface area contributed by atoms with Gasteiger partial charge in [0.05, 0.1) is 16.4 Å². The highest BCUT2D eigenvalue weighted by Crippen LogP contribution is 2.33. The van der Waals surface area contributed by atoms with Gasteiger partial charge in [-0.15, -0.1) is 11.6 Å². The Morgan fingerprint density at radius 1 is 1.19 bits per heavy atom. The molecule has 0 aliphatic rings.